The van der Waals surface area contributed by atoms with E-state index in [0.717, 1.165) is 12.8 Å². The van der Waals surface area contributed by atoms with E-state index in [1.165, 1.54) is 0 Å². The zero-order chi connectivity index (χ0) is 12.3. The van der Waals surface area contributed by atoms with Gasteiger partial charge in [-0.2, -0.15) is 5.26 Å². The molecule has 0 spiro atoms. The Morgan fingerprint density at radius 1 is 1.53 bits per heavy atom. The molecule has 0 saturated heterocycles. The van der Waals surface area contributed by atoms with Crippen molar-refractivity contribution in [2.45, 2.75) is 18.9 Å². The van der Waals surface area contributed by atoms with Crippen LogP contribution in [-0.2, 0) is 4.79 Å². The summed E-state index contributed by atoms with van der Waals surface area (Å²) in [6, 6.07) is 7.31. The molecule has 0 bridgehead atoms. The van der Waals surface area contributed by atoms with Crippen LogP contribution in [0, 0.1) is 11.3 Å². The van der Waals surface area contributed by atoms with E-state index in [1.54, 1.807) is 18.2 Å². The lowest BCUT2D eigenvalue weighted by molar-refractivity contribution is -0.119. The molecule has 0 aliphatic heterocycles. The fraction of sp³-hybridized carbons (Fsp3) is 0.333. The van der Waals surface area contributed by atoms with Crippen molar-refractivity contribution < 1.29 is 4.79 Å². The average Bonchev–Trinajstić information content (AvgIpc) is 3.10. The molecule has 2 N–H and O–H groups in total. The van der Waals surface area contributed by atoms with E-state index in [0.29, 0.717) is 22.3 Å². The molecule has 88 valence electrons. The van der Waals surface area contributed by atoms with Gasteiger partial charge in [0.15, 0.2) is 0 Å². The molecule has 17 heavy (non-hydrogen) atoms. The molecule has 1 aromatic rings. The molecule has 1 aromatic carbocycles. The number of halogens is 1. The highest BCUT2D eigenvalue weighted by atomic mass is 35.5. The van der Waals surface area contributed by atoms with E-state index < -0.39 is 0 Å². The van der Waals surface area contributed by atoms with Gasteiger partial charge in [0.05, 0.1) is 17.8 Å². The molecule has 0 aromatic heterocycles. The van der Waals surface area contributed by atoms with Crippen LogP contribution >= 0.6 is 11.6 Å². The molecule has 1 amide bonds. The summed E-state index contributed by atoms with van der Waals surface area (Å²) in [4.78, 5) is 11.5. The van der Waals surface area contributed by atoms with Gasteiger partial charge in [-0.3, -0.25) is 4.79 Å². The average molecular weight is 250 g/mol. The quantitative estimate of drug-likeness (QED) is 0.857. The summed E-state index contributed by atoms with van der Waals surface area (Å²) in [5.41, 5.74) is 1.07. The Labute approximate surface area is 105 Å². The summed E-state index contributed by atoms with van der Waals surface area (Å²) in [6.07, 6.45) is 2.12. The minimum absolute atomic E-state index is 0.0589. The number of hydrogen-bond donors (Lipinski definition) is 2. The number of carbonyl (C=O) groups is 1. The normalized spacial score (nSPS) is 13.9. The Kier molecular flexibility index (Phi) is 3.50. The maximum Gasteiger partial charge on any atom is 0.239 e. The Balaban J connectivity index is 1.95. The molecule has 1 aliphatic carbocycles. The monoisotopic (exact) mass is 249 g/mol. The topological polar surface area (TPSA) is 64.9 Å². The number of nitrogens with one attached hydrogen (secondary N) is 2. The zero-order valence-electron chi connectivity index (χ0n) is 9.16. The van der Waals surface area contributed by atoms with E-state index in [4.69, 9.17) is 16.9 Å². The molecule has 5 heteroatoms. The number of carbonyl (C=O) groups excluding carboxylic acids is 1. The third kappa shape index (κ3) is 3.36. The number of anilines is 1. The Hall–Kier alpha value is -1.73. The van der Waals surface area contributed by atoms with Crippen LogP contribution in [0.4, 0.5) is 5.69 Å². The summed E-state index contributed by atoms with van der Waals surface area (Å²) in [5, 5.41) is 15.2. The molecule has 1 aliphatic rings. The third-order valence-electron chi connectivity index (χ3n) is 2.48. The van der Waals surface area contributed by atoms with Crippen molar-refractivity contribution in [2.75, 3.05) is 11.9 Å². The first kappa shape index (κ1) is 11.7. The van der Waals surface area contributed by atoms with Gasteiger partial charge in [0.25, 0.3) is 0 Å². The lowest BCUT2D eigenvalue weighted by atomic mass is 10.2. The number of rotatable bonds is 4. The predicted molar refractivity (Wildman–Crippen MR) is 65.8 cm³/mol. The van der Waals surface area contributed by atoms with Gasteiger partial charge in [-0.25, -0.2) is 0 Å². The molecule has 4 nitrogen and oxygen atoms in total. The Bertz CT molecular complexity index is 477. The van der Waals surface area contributed by atoms with Crippen LogP contribution in [0.15, 0.2) is 18.2 Å². The van der Waals surface area contributed by atoms with Gasteiger partial charge < -0.3 is 10.6 Å². The molecular weight excluding hydrogens is 238 g/mol. The molecule has 1 fully saturated rings. The number of nitriles is 1. The van der Waals surface area contributed by atoms with E-state index in [9.17, 15) is 4.79 Å². The summed E-state index contributed by atoms with van der Waals surface area (Å²) in [5.74, 6) is -0.0589. The predicted octanol–water partition coefficient (Wildman–Crippen LogP) is 1.90. The summed E-state index contributed by atoms with van der Waals surface area (Å²) < 4.78 is 0. The van der Waals surface area contributed by atoms with Crippen LogP contribution in [0.3, 0.4) is 0 Å². The van der Waals surface area contributed by atoms with Crippen molar-refractivity contribution in [1.29, 1.82) is 5.26 Å². The maximum atomic E-state index is 11.5. The van der Waals surface area contributed by atoms with Crippen LogP contribution in [0.2, 0.25) is 5.02 Å². The number of amides is 1. The fourth-order valence-corrected chi connectivity index (χ4v) is 1.61. The molecule has 0 heterocycles. The molecule has 0 radical (unpaired) electrons. The minimum Gasteiger partial charge on any atom is -0.375 e. The van der Waals surface area contributed by atoms with Crippen LogP contribution in [0.25, 0.3) is 0 Å². The smallest absolute Gasteiger partial charge is 0.239 e. The van der Waals surface area contributed by atoms with E-state index in [2.05, 4.69) is 10.6 Å². The standard InChI is InChI=1S/C12H12ClN3O/c13-9-2-1-8(6-14)11(5-9)15-7-12(17)16-10-3-4-10/h1-2,5,10,15H,3-4,7H2,(H,16,17). The van der Waals surface area contributed by atoms with E-state index in [1.807, 2.05) is 6.07 Å². The summed E-state index contributed by atoms with van der Waals surface area (Å²) >= 11 is 5.83. The first-order chi connectivity index (χ1) is 8.19. The Morgan fingerprint density at radius 3 is 2.94 bits per heavy atom. The molecule has 0 unspecified atom stereocenters. The zero-order valence-corrected chi connectivity index (χ0v) is 9.92. The molecule has 2 rings (SSSR count). The highest BCUT2D eigenvalue weighted by molar-refractivity contribution is 6.30. The number of nitrogens with zero attached hydrogens (tertiary/aromatic N) is 1. The van der Waals surface area contributed by atoms with Gasteiger partial charge in [0.1, 0.15) is 6.07 Å². The summed E-state index contributed by atoms with van der Waals surface area (Å²) in [7, 11) is 0. The first-order valence-electron chi connectivity index (χ1n) is 5.42. The second kappa shape index (κ2) is 5.07. The van der Waals surface area contributed by atoms with Gasteiger partial charge in [0, 0.05) is 11.1 Å². The first-order valence-corrected chi connectivity index (χ1v) is 5.79. The second-order valence-electron chi connectivity index (χ2n) is 4.00. The largest absolute Gasteiger partial charge is 0.375 e. The van der Waals surface area contributed by atoms with E-state index in [-0.39, 0.29) is 12.5 Å². The number of hydrogen-bond acceptors (Lipinski definition) is 3. The summed E-state index contributed by atoms with van der Waals surface area (Å²) in [6.45, 7) is 0.158. The molecule has 1 saturated carbocycles. The van der Waals surface area contributed by atoms with Crippen molar-refractivity contribution in [3.05, 3.63) is 28.8 Å². The van der Waals surface area contributed by atoms with E-state index >= 15 is 0 Å². The van der Waals surface area contributed by atoms with Crippen LogP contribution in [0.5, 0.6) is 0 Å². The highest BCUT2D eigenvalue weighted by Gasteiger charge is 2.22. The van der Waals surface area contributed by atoms with Gasteiger partial charge in [-0.1, -0.05) is 11.6 Å². The van der Waals surface area contributed by atoms with Crippen LogP contribution < -0.4 is 10.6 Å². The molecular formula is C12H12ClN3O. The fourth-order valence-electron chi connectivity index (χ4n) is 1.44. The number of benzene rings is 1. The third-order valence-corrected chi connectivity index (χ3v) is 2.72. The minimum atomic E-state index is -0.0589. The van der Waals surface area contributed by atoms with Crippen molar-refractivity contribution in [3.63, 3.8) is 0 Å². The van der Waals surface area contributed by atoms with Crippen LogP contribution in [0.1, 0.15) is 18.4 Å². The lowest BCUT2D eigenvalue weighted by Crippen LogP contribution is -2.31. The van der Waals surface area contributed by atoms with Gasteiger partial charge in [0.2, 0.25) is 5.91 Å². The van der Waals surface area contributed by atoms with Crippen molar-refractivity contribution in [1.82, 2.24) is 5.32 Å². The SMILES string of the molecule is N#Cc1ccc(Cl)cc1NCC(=O)NC1CC1. The second-order valence-corrected chi connectivity index (χ2v) is 4.43. The lowest BCUT2D eigenvalue weighted by Gasteiger charge is -2.08. The van der Waals surface area contributed by atoms with Crippen molar-refractivity contribution >= 4 is 23.2 Å². The van der Waals surface area contributed by atoms with Crippen molar-refractivity contribution in [3.8, 4) is 6.07 Å². The molecule has 0 atom stereocenters. The van der Waals surface area contributed by atoms with Crippen LogP contribution in [-0.4, -0.2) is 18.5 Å². The van der Waals surface area contributed by atoms with Gasteiger partial charge >= 0.3 is 0 Å². The van der Waals surface area contributed by atoms with Gasteiger partial charge in [-0.15, -0.1) is 0 Å². The highest BCUT2D eigenvalue weighted by Crippen LogP contribution is 2.20. The van der Waals surface area contributed by atoms with Gasteiger partial charge in [-0.05, 0) is 31.0 Å². The Morgan fingerprint density at radius 2 is 2.29 bits per heavy atom. The van der Waals surface area contributed by atoms with Crippen molar-refractivity contribution in [2.24, 2.45) is 0 Å². The maximum absolute atomic E-state index is 11.5.